The van der Waals surface area contributed by atoms with E-state index in [1.165, 1.54) is 16.3 Å². The van der Waals surface area contributed by atoms with Crippen molar-refractivity contribution >= 4 is 10.8 Å². The van der Waals surface area contributed by atoms with Gasteiger partial charge in [0.15, 0.2) is 0 Å². The van der Waals surface area contributed by atoms with Gasteiger partial charge in [0.2, 0.25) is 0 Å². The highest BCUT2D eigenvalue weighted by molar-refractivity contribution is 5.87. The third-order valence-electron chi connectivity index (χ3n) is 4.60. The van der Waals surface area contributed by atoms with Crippen molar-refractivity contribution in [3.63, 3.8) is 0 Å². The van der Waals surface area contributed by atoms with Gasteiger partial charge in [-0.25, -0.2) is 0 Å². The average molecular weight is 309 g/mol. The molecule has 1 saturated heterocycles. The first-order valence-corrected chi connectivity index (χ1v) is 8.18. The summed E-state index contributed by atoms with van der Waals surface area (Å²) in [6.45, 7) is 5.96. The zero-order valence-corrected chi connectivity index (χ0v) is 13.7. The lowest BCUT2D eigenvalue weighted by atomic mass is 10.0. The van der Waals surface area contributed by atoms with E-state index in [4.69, 9.17) is 10.00 Å². The summed E-state index contributed by atoms with van der Waals surface area (Å²) in [5, 5.41) is 11.2. The lowest BCUT2D eigenvalue weighted by Crippen LogP contribution is -2.46. The molecule has 1 fully saturated rings. The normalized spacial score (nSPS) is 16.3. The van der Waals surface area contributed by atoms with Gasteiger partial charge in [-0.15, -0.1) is 0 Å². The molecule has 1 aliphatic rings. The van der Waals surface area contributed by atoms with Crippen LogP contribution in [0.5, 0.6) is 5.75 Å². The highest BCUT2D eigenvalue weighted by Crippen LogP contribution is 2.29. The van der Waals surface area contributed by atoms with Crippen LogP contribution in [0.15, 0.2) is 36.4 Å². The van der Waals surface area contributed by atoms with Crippen molar-refractivity contribution in [3.8, 4) is 11.8 Å². The van der Waals surface area contributed by atoms with Crippen molar-refractivity contribution in [1.29, 1.82) is 5.26 Å². The van der Waals surface area contributed by atoms with E-state index < -0.39 is 0 Å². The summed E-state index contributed by atoms with van der Waals surface area (Å²) in [6, 6.07) is 14.9. The van der Waals surface area contributed by atoms with E-state index in [1.54, 1.807) is 7.11 Å². The molecule has 23 heavy (non-hydrogen) atoms. The van der Waals surface area contributed by atoms with E-state index in [0.717, 1.165) is 45.0 Å². The molecule has 0 spiro atoms. The Morgan fingerprint density at radius 1 is 1.04 bits per heavy atom. The van der Waals surface area contributed by atoms with Gasteiger partial charge in [0.25, 0.3) is 0 Å². The van der Waals surface area contributed by atoms with Gasteiger partial charge in [-0.3, -0.25) is 9.80 Å². The van der Waals surface area contributed by atoms with Crippen LogP contribution in [0.1, 0.15) is 12.0 Å². The molecule has 2 aromatic carbocycles. The first-order valence-electron chi connectivity index (χ1n) is 8.18. The Balaban J connectivity index is 1.73. The molecule has 0 bridgehead atoms. The lowest BCUT2D eigenvalue weighted by Gasteiger charge is -2.34. The number of hydrogen-bond donors (Lipinski definition) is 0. The van der Waals surface area contributed by atoms with Gasteiger partial charge in [-0.2, -0.15) is 5.26 Å². The Morgan fingerprint density at radius 2 is 1.78 bits per heavy atom. The van der Waals surface area contributed by atoms with E-state index in [0.29, 0.717) is 6.42 Å². The molecule has 4 nitrogen and oxygen atoms in total. The minimum atomic E-state index is 0.622. The van der Waals surface area contributed by atoms with Crippen LogP contribution in [0.3, 0.4) is 0 Å². The van der Waals surface area contributed by atoms with E-state index >= 15 is 0 Å². The Kier molecular flexibility index (Phi) is 5.12. The van der Waals surface area contributed by atoms with Crippen LogP contribution >= 0.6 is 0 Å². The van der Waals surface area contributed by atoms with E-state index in [9.17, 15) is 0 Å². The van der Waals surface area contributed by atoms with Crippen LogP contribution in [0, 0.1) is 11.3 Å². The van der Waals surface area contributed by atoms with Crippen molar-refractivity contribution in [2.75, 3.05) is 39.8 Å². The predicted molar refractivity (Wildman–Crippen MR) is 92.4 cm³/mol. The number of piperazine rings is 1. The van der Waals surface area contributed by atoms with Gasteiger partial charge in [0.1, 0.15) is 5.75 Å². The second-order valence-corrected chi connectivity index (χ2v) is 5.99. The fraction of sp³-hybridized carbons (Fsp3) is 0.421. The maximum Gasteiger partial charge on any atom is 0.123 e. The quantitative estimate of drug-likeness (QED) is 0.851. The number of fused-ring (bicyclic) bond motifs is 1. The van der Waals surface area contributed by atoms with E-state index in [2.05, 4.69) is 52.3 Å². The van der Waals surface area contributed by atoms with E-state index in [-0.39, 0.29) is 0 Å². The SMILES string of the molecule is COc1ccc2ccccc2c1CN1CCN(CCC#N)CC1. The molecule has 0 aromatic heterocycles. The number of rotatable bonds is 5. The number of benzene rings is 2. The number of methoxy groups -OCH3 is 1. The standard InChI is InChI=1S/C19H23N3O/c1-23-19-8-7-16-5-2-3-6-17(16)18(19)15-22-13-11-21(12-14-22)10-4-9-20/h2-3,5-8H,4,10-15H2,1H3. The van der Waals surface area contributed by atoms with Crippen LogP contribution in [0.2, 0.25) is 0 Å². The Bertz CT molecular complexity index is 699. The van der Waals surface area contributed by atoms with Crippen molar-refractivity contribution in [2.45, 2.75) is 13.0 Å². The molecule has 4 heteroatoms. The number of hydrogen-bond acceptors (Lipinski definition) is 4. The molecule has 0 radical (unpaired) electrons. The van der Waals surface area contributed by atoms with Crippen molar-refractivity contribution in [2.24, 2.45) is 0 Å². The van der Waals surface area contributed by atoms with Crippen molar-refractivity contribution in [3.05, 3.63) is 42.0 Å². The summed E-state index contributed by atoms with van der Waals surface area (Å²) in [5.41, 5.74) is 1.27. The highest BCUT2D eigenvalue weighted by atomic mass is 16.5. The molecule has 0 saturated carbocycles. The van der Waals surface area contributed by atoms with Crippen molar-refractivity contribution < 1.29 is 4.74 Å². The van der Waals surface area contributed by atoms with Crippen LogP contribution < -0.4 is 4.74 Å². The third-order valence-corrected chi connectivity index (χ3v) is 4.60. The topological polar surface area (TPSA) is 39.5 Å². The molecule has 0 amide bonds. The fourth-order valence-electron chi connectivity index (χ4n) is 3.27. The molecular weight excluding hydrogens is 286 g/mol. The molecule has 2 aromatic rings. The highest BCUT2D eigenvalue weighted by Gasteiger charge is 2.19. The smallest absolute Gasteiger partial charge is 0.123 e. The van der Waals surface area contributed by atoms with Gasteiger partial charge in [-0.05, 0) is 16.8 Å². The van der Waals surface area contributed by atoms with E-state index in [1.807, 2.05) is 0 Å². The molecule has 1 aliphatic heterocycles. The number of nitrogens with zero attached hydrogens (tertiary/aromatic N) is 3. The minimum Gasteiger partial charge on any atom is -0.496 e. The monoisotopic (exact) mass is 309 g/mol. The summed E-state index contributed by atoms with van der Waals surface area (Å²) in [4.78, 5) is 4.85. The Morgan fingerprint density at radius 3 is 2.52 bits per heavy atom. The summed E-state index contributed by atoms with van der Waals surface area (Å²) in [6.07, 6.45) is 0.622. The number of nitriles is 1. The molecule has 0 N–H and O–H groups in total. The zero-order valence-electron chi connectivity index (χ0n) is 13.7. The molecular formula is C19H23N3O. The van der Waals surface area contributed by atoms with Crippen molar-refractivity contribution in [1.82, 2.24) is 9.80 Å². The van der Waals surface area contributed by atoms with Crippen LogP contribution in [0.4, 0.5) is 0 Å². The first kappa shape index (κ1) is 15.8. The Hall–Kier alpha value is -2.09. The van der Waals surface area contributed by atoms with Gasteiger partial charge in [-0.1, -0.05) is 30.3 Å². The zero-order chi connectivity index (χ0) is 16.1. The third kappa shape index (κ3) is 3.64. The van der Waals surface area contributed by atoms with Gasteiger partial charge < -0.3 is 4.74 Å². The number of ether oxygens (including phenoxy) is 1. The van der Waals surface area contributed by atoms with Crippen LogP contribution in [-0.2, 0) is 6.54 Å². The van der Waals surface area contributed by atoms with Gasteiger partial charge in [0.05, 0.1) is 13.2 Å². The largest absolute Gasteiger partial charge is 0.496 e. The minimum absolute atomic E-state index is 0.622. The van der Waals surface area contributed by atoms with Gasteiger partial charge >= 0.3 is 0 Å². The first-order chi connectivity index (χ1) is 11.3. The summed E-state index contributed by atoms with van der Waals surface area (Å²) < 4.78 is 5.60. The van der Waals surface area contributed by atoms with Crippen LogP contribution in [-0.4, -0.2) is 49.6 Å². The molecule has 120 valence electrons. The maximum absolute atomic E-state index is 8.70. The fourth-order valence-corrected chi connectivity index (χ4v) is 3.27. The second-order valence-electron chi connectivity index (χ2n) is 5.99. The van der Waals surface area contributed by atoms with Crippen LogP contribution in [0.25, 0.3) is 10.8 Å². The average Bonchev–Trinajstić information content (AvgIpc) is 2.61. The van der Waals surface area contributed by atoms with Gasteiger partial charge in [0, 0.05) is 51.3 Å². The molecule has 0 unspecified atom stereocenters. The maximum atomic E-state index is 8.70. The molecule has 0 atom stereocenters. The summed E-state index contributed by atoms with van der Waals surface area (Å²) in [7, 11) is 1.74. The molecule has 3 rings (SSSR count). The molecule has 0 aliphatic carbocycles. The summed E-state index contributed by atoms with van der Waals surface area (Å²) >= 11 is 0. The predicted octanol–water partition coefficient (Wildman–Crippen LogP) is 2.88. The summed E-state index contributed by atoms with van der Waals surface area (Å²) in [5.74, 6) is 0.968. The Labute approximate surface area is 137 Å². The molecule has 1 heterocycles. The second kappa shape index (κ2) is 7.45. The lowest BCUT2D eigenvalue weighted by molar-refractivity contribution is 0.128.